The number of furan rings is 1. The van der Waals surface area contributed by atoms with Gasteiger partial charge in [-0.1, -0.05) is 33.8 Å². The minimum atomic E-state index is 0.153. The predicted molar refractivity (Wildman–Crippen MR) is 136 cm³/mol. The van der Waals surface area contributed by atoms with Crippen molar-refractivity contribution in [2.45, 2.75) is 58.3 Å². The third-order valence-corrected chi connectivity index (χ3v) is 7.95. The fourth-order valence-corrected chi connectivity index (χ4v) is 5.73. The molecule has 0 saturated heterocycles. The predicted octanol–water partition coefficient (Wildman–Crippen LogP) is 7.28. The monoisotopic (exact) mass is 435 g/mol. The Morgan fingerprint density at radius 3 is 2.33 bits per heavy atom. The Hall–Kier alpha value is -3.20. The Bertz CT molecular complexity index is 1590. The summed E-state index contributed by atoms with van der Waals surface area (Å²) in [5.74, 6) is 0. The molecule has 6 rings (SSSR count). The zero-order chi connectivity index (χ0) is 23.1. The van der Waals surface area contributed by atoms with E-state index in [-0.39, 0.29) is 10.8 Å². The molecule has 3 heterocycles. The van der Waals surface area contributed by atoms with Crippen LogP contribution in [0.1, 0.15) is 57.2 Å². The van der Waals surface area contributed by atoms with Crippen LogP contribution in [0, 0.1) is 6.92 Å². The number of nitrogens with zero attached hydrogens (tertiary/aromatic N) is 2. The molecule has 0 aliphatic heterocycles. The molecular formula is C30H31N2O+. The van der Waals surface area contributed by atoms with E-state index in [9.17, 15) is 0 Å². The molecule has 0 saturated carbocycles. The quantitative estimate of drug-likeness (QED) is 0.259. The maximum atomic E-state index is 6.72. The molecule has 0 unspecified atom stereocenters. The second-order valence-electron chi connectivity index (χ2n) is 11.1. The zero-order valence-corrected chi connectivity index (χ0v) is 20.4. The molecule has 166 valence electrons. The molecule has 0 radical (unpaired) electrons. The molecule has 0 amide bonds. The molecule has 0 fully saturated rings. The normalized spacial score (nSPS) is 17.0. The van der Waals surface area contributed by atoms with Crippen LogP contribution in [-0.2, 0) is 17.9 Å². The molecule has 5 aromatic rings. The van der Waals surface area contributed by atoms with Crippen molar-refractivity contribution in [2.75, 3.05) is 0 Å². The van der Waals surface area contributed by atoms with Gasteiger partial charge in [-0.25, -0.2) is 4.57 Å². The van der Waals surface area contributed by atoms with Crippen LogP contribution in [0.4, 0.5) is 0 Å². The zero-order valence-electron chi connectivity index (χ0n) is 20.4. The van der Waals surface area contributed by atoms with Gasteiger partial charge in [0.25, 0.3) is 0 Å². The highest BCUT2D eigenvalue weighted by molar-refractivity contribution is 6.15. The minimum absolute atomic E-state index is 0.153. The Morgan fingerprint density at radius 2 is 1.61 bits per heavy atom. The second-order valence-corrected chi connectivity index (χ2v) is 11.1. The summed E-state index contributed by atoms with van der Waals surface area (Å²) in [7, 11) is 2.08. The Labute approximate surface area is 195 Å². The van der Waals surface area contributed by atoms with Crippen molar-refractivity contribution in [3.05, 3.63) is 71.5 Å². The lowest BCUT2D eigenvalue weighted by Crippen LogP contribution is -2.33. The standard InChI is InChI=1S/C30H31N2O/c1-18-10-11-20-26-28(33-27(20)25(18)24-9-7-8-14-32(24)6)21-16-23-22(15-19(21)17-31-26)29(2,3)12-13-30(23,4)5/h7-11,14-17H,12-13H2,1-6H3/q+1. The van der Waals surface area contributed by atoms with Gasteiger partial charge in [0.1, 0.15) is 12.6 Å². The highest BCUT2D eigenvalue weighted by Gasteiger charge is 2.37. The number of hydrogen-bond acceptors (Lipinski definition) is 2. The van der Waals surface area contributed by atoms with Crippen molar-refractivity contribution in [1.82, 2.24) is 4.98 Å². The van der Waals surface area contributed by atoms with Gasteiger partial charge in [0, 0.05) is 34.5 Å². The van der Waals surface area contributed by atoms with E-state index in [1.807, 2.05) is 6.20 Å². The minimum Gasteiger partial charge on any atom is -0.453 e. The summed E-state index contributed by atoms with van der Waals surface area (Å²) in [5, 5.41) is 3.41. The number of fused-ring (bicyclic) bond motifs is 6. The maximum Gasteiger partial charge on any atom is 0.216 e. The molecule has 0 spiro atoms. The number of hydrogen-bond donors (Lipinski definition) is 0. The van der Waals surface area contributed by atoms with E-state index < -0.39 is 0 Å². The first-order valence-electron chi connectivity index (χ1n) is 11.9. The molecule has 3 aromatic heterocycles. The lowest BCUT2D eigenvalue weighted by atomic mass is 9.63. The summed E-state index contributed by atoms with van der Waals surface area (Å²) in [5.41, 5.74) is 9.48. The van der Waals surface area contributed by atoms with Crippen molar-refractivity contribution in [3.8, 4) is 11.3 Å². The van der Waals surface area contributed by atoms with Gasteiger partial charge in [0.15, 0.2) is 17.4 Å². The molecule has 1 aliphatic rings. The first kappa shape index (κ1) is 20.4. The largest absolute Gasteiger partial charge is 0.453 e. The highest BCUT2D eigenvalue weighted by Crippen LogP contribution is 2.48. The third kappa shape index (κ3) is 2.88. The van der Waals surface area contributed by atoms with Crippen LogP contribution >= 0.6 is 0 Å². The molecule has 0 bridgehead atoms. The van der Waals surface area contributed by atoms with Gasteiger partial charge in [-0.05, 0) is 71.6 Å². The van der Waals surface area contributed by atoms with E-state index >= 15 is 0 Å². The van der Waals surface area contributed by atoms with Crippen LogP contribution in [0.25, 0.3) is 44.1 Å². The van der Waals surface area contributed by atoms with Gasteiger partial charge in [0.05, 0.1) is 5.56 Å². The van der Waals surface area contributed by atoms with E-state index in [1.54, 1.807) is 0 Å². The number of aryl methyl sites for hydroxylation is 2. The van der Waals surface area contributed by atoms with E-state index in [0.29, 0.717) is 0 Å². The summed E-state index contributed by atoms with van der Waals surface area (Å²) in [6.07, 6.45) is 6.52. The van der Waals surface area contributed by atoms with E-state index in [4.69, 9.17) is 9.40 Å². The average molecular weight is 436 g/mol. The van der Waals surface area contributed by atoms with Crippen molar-refractivity contribution in [3.63, 3.8) is 0 Å². The summed E-state index contributed by atoms with van der Waals surface area (Å²) < 4.78 is 8.88. The van der Waals surface area contributed by atoms with E-state index in [0.717, 1.165) is 38.7 Å². The lowest BCUT2D eigenvalue weighted by Gasteiger charge is -2.42. The Balaban J connectivity index is 1.72. The van der Waals surface area contributed by atoms with Crippen LogP contribution in [0.5, 0.6) is 0 Å². The van der Waals surface area contributed by atoms with Crippen molar-refractivity contribution < 1.29 is 8.98 Å². The van der Waals surface area contributed by atoms with Crippen molar-refractivity contribution in [1.29, 1.82) is 0 Å². The summed E-state index contributed by atoms with van der Waals surface area (Å²) in [6.45, 7) is 11.6. The van der Waals surface area contributed by atoms with Crippen LogP contribution in [0.2, 0.25) is 0 Å². The molecule has 3 heteroatoms. The molecule has 0 N–H and O–H groups in total. The van der Waals surface area contributed by atoms with Crippen LogP contribution in [-0.4, -0.2) is 4.98 Å². The molecule has 2 aromatic carbocycles. The molecule has 33 heavy (non-hydrogen) atoms. The Morgan fingerprint density at radius 1 is 0.879 bits per heavy atom. The smallest absolute Gasteiger partial charge is 0.216 e. The van der Waals surface area contributed by atoms with Gasteiger partial charge in [-0.3, -0.25) is 4.98 Å². The fourth-order valence-electron chi connectivity index (χ4n) is 5.73. The molecular weight excluding hydrogens is 404 g/mol. The van der Waals surface area contributed by atoms with Gasteiger partial charge < -0.3 is 4.42 Å². The summed E-state index contributed by atoms with van der Waals surface area (Å²) in [6, 6.07) is 15.4. The highest BCUT2D eigenvalue weighted by atomic mass is 16.3. The van der Waals surface area contributed by atoms with Gasteiger partial charge in [-0.15, -0.1) is 0 Å². The average Bonchev–Trinajstić information content (AvgIpc) is 3.16. The topological polar surface area (TPSA) is 29.9 Å². The fraction of sp³-hybridized carbons (Fsp3) is 0.333. The summed E-state index contributed by atoms with van der Waals surface area (Å²) >= 11 is 0. The van der Waals surface area contributed by atoms with Crippen molar-refractivity contribution >= 4 is 32.8 Å². The van der Waals surface area contributed by atoms with Gasteiger partial charge >= 0.3 is 0 Å². The first-order chi connectivity index (χ1) is 15.7. The number of benzene rings is 2. The van der Waals surface area contributed by atoms with Crippen LogP contribution in [0.3, 0.4) is 0 Å². The van der Waals surface area contributed by atoms with Gasteiger partial charge in [-0.2, -0.15) is 0 Å². The Kier molecular flexibility index (Phi) is 4.12. The van der Waals surface area contributed by atoms with E-state index in [1.165, 1.54) is 34.9 Å². The first-order valence-corrected chi connectivity index (χ1v) is 11.9. The lowest BCUT2D eigenvalue weighted by molar-refractivity contribution is -0.660. The molecule has 0 atom stereocenters. The molecule has 1 aliphatic carbocycles. The van der Waals surface area contributed by atoms with Gasteiger partial charge in [0.2, 0.25) is 5.69 Å². The van der Waals surface area contributed by atoms with Crippen molar-refractivity contribution in [2.24, 2.45) is 7.05 Å². The van der Waals surface area contributed by atoms with Crippen LogP contribution < -0.4 is 4.57 Å². The number of rotatable bonds is 1. The van der Waals surface area contributed by atoms with E-state index in [2.05, 4.69) is 94.9 Å². The number of aromatic nitrogens is 2. The second kappa shape index (κ2) is 6.66. The molecule has 3 nitrogen and oxygen atoms in total. The maximum absolute atomic E-state index is 6.72. The van der Waals surface area contributed by atoms with Crippen LogP contribution in [0.15, 0.2) is 59.3 Å². The third-order valence-electron chi connectivity index (χ3n) is 7.95. The number of pyridine rings is 2. The summed E-state index contributed by atoms with van der Waals surface area (Å²) in [4.78, 5) is 4.92. The SMILES string of the molecule is Cc1ccc2c(oc3c4cc5c(cc4cnc23)C(C)(C)CCC5(C)C)c1-c1cccc[n+]1C.